The van der Waals surface area contributed by atoms with Crippen LogP contribution in [0, 0.1) is 0 Å². The Labute approximate surface area is 297 Å². The van der Waals surface area contributed by atoms with Gasteiger partial charge in [-0.25, -0.2) is 14.6 Å². The molecule has 14 heteroatoms. The molecule has 2 saturated heterocycles. The summed E-state index contributed by atoms with van der Waals surface area (Å²) in [7, 11) is 0. The van der Waals surface area contributed by atoms with Gasteiger partial charge in [0.05, 0.1) is 17.2 Å². The monoisotopic (exact) mass is 702 g/mol. The standard InChI is InChI=1S/C37H34N8O5S/c38-34-32-33(22-11-13-25(14-12-22)50-24-7-2-1-3-8-24)42-45(35(32)40-21-39-34)23-6-5-17-43(18-23)31(47)20-51-29-10-4-9-26-27(29)19-44(37(26)49)28-15-16-30(46)41-36(28)48/h1-4,7-14,21,23,28H,5-6,15-20H2,(H2,38,39,40)(H,41,46,48)/t23-,28?/m1/s1. The van der Waals surface area contributed by atoms with Gasteiger partial charge in [-0.1, -0.05) is 24.3 Å². The van der Waals surface area contributed by atoms with Gasteiger partial charge in [0.1, 0.15) is 35.4 Å². The number of carbonyl (C=O) groups is 4. The van der Waals surface area contributed by atoms with E-state index in [1.54, 1.807) is 12.1 Å². The third kappa shape index (κ3) is 6.27. The number of hydrogen-bond acceptors (Lipinski definition) is 10. The lowest BCUT2D eigenvalue weighted by Gasteiger charge is -2.33. The van der Waals surface area contributed by atoms with Gasteiger partial charge >= 0.3 is 0 Å². The summed E-state index contributed by atoms with van der Waals surface area (Å²) in [6.45, 7) is 1.33. The van der Waals surface area contributed by atoms with Crippen LogP contribution in [-0.2, 0) is 20.9 Å². The number of amides is 4. The molecular weight excluding hydrogens is 669 g/mol. The highest BCUT2D eigenvalue weighted by molar-refractivity contribution is 8.00. The summed E-state index contributed by atoms with van der Waals surface area (Å²) in [4.78, 5) is 64.2. The molecule has 51 heavy (non-hydrogen) atoms. The van der Waals surface area contributed by atoms with Crippen molar-refractivity contribution in [1.29, 1.82) is 0 Å². The van der Waals surface area contributed by atoms with Crippen molar-refractivity contribution in [3.8, 4) is 22.8 Å². The zero-order chi connectivity index (χ0) is 35.1. The molecule has 2 fully saturated rings. The van der Waals surface area contributed by atoms with Gasteiger partial charge in [0.15, 0.2) is 5.65 Å². The number of imide groups is 1. The molecule has 8 rings (SSSR count). The molecule has 5 heterocycles. The largest absolute Gasteiger partial charge is 0.457 e. The number of para-hydroxylation sites is 1. The topological polar surface area (TPSA) is 166 Å². The number of ether oxygens (including phenoxy) is 1. The van der Waals surface area contributed by atoms with Crippen molar-refractivity contribution in [2.24, 2.45) is 0 Å². The maximum Gasteiger partial charge on any atom is 0.255 e. The summed E-state index contributed by atoms with van der Waals surface area (Å²) in [6.07, 6.45) is 3.52. The molecule has 3 aromatic carbocycles. The first-order valence-corrected chi connectivity index (χ1v) is 17.8. The second-order valence-corrected chi connectivity index (χ2v) is 13.8. The van der Waals surface area contributed by atoms with Crippen LogP contribution >= 0.6 is 11.8 Å². The Hall–Kier alpha value is -5.76. The molecule has 0 radical (unpaired) electrons. The number of carbonyl (C=O) groups excluding carboxylic acids is 4. The number of fused-ring (bicyclic) bond motifs is 2. The van der Waals surface area contributed by atoms with Crippen LogP contribution in [0.2, 0.25) is 0 Å². The summed E-state index contributed by atoms with van der Waals surface area (Å²) in [6, 6.07) is 21.8. The quantitative estimate of drug-likeness (QED) is 0.173. The molecular formula is C37H34N8O5S. The van der Waals surface area contributed by atoms with E-state index in [2.05, 4.69) is 15.3 Å². The molecule has 13 nitrogen and oxygen atoms in total. The van der Waals surface area contributed by atoms with E-state index < -0.39 is 11.9 Å². The zero-order valence-electron chi connectivity index (χ0n) is 27.5. The summed E-state index contributed by atoms with van der Waals surface area (Å²) in [5, 5.41) is 8.01. The minimum absolute atomic E-state index is 0.0199. The fraction of sp³-hybridized carbons (Fsp3) is 0.270. The predicted octanol–water partition coefficient (Wildman–Crippen LogP) is 4.58. The van der Waals surface area contributed by atoms with Crippen molar-refractivity contribution >= 4 is 52.2 Å². The van der Waals surface area contributed by atoms with Gasteiger partial charge in [-0.05, 0) is 73.4 Å². The molecule has 2 atom stereocenters. The summed E-state index contributed by atoms with van der Waals surface area (Å²) in [5.74, 6) is 0.918. The van der Waals surface area contributed by atoms with E-state index in [1.165, 1.54) is 23.0 Å². The van der Waals surface area contributed by atoms with Gasteiger partial charge in [-0.2, -0.15) is 5.10 Å². The van der Waals surface area contributed by atoms with E-state index in [4.69, 9.17) is 15.6 Å². The van der Waals surface area contributed by atoms with Crippen LogP contribution in [-0.4, -0.2) is 78.1 Å². The molecule has 0 aliphatic carbocycles. The van der Waals surface area contributed by atoms with E-state index >= 15 is 0 Å². The normalized spacial score (nSPS) is 18.9. The van der Waals surface area contributed by atoms with Crippen molar-refractivity contribution in [3.05, 3.63) is 90.3 Å². The molecule has 258 valence electrons. The fourth-order valence-corrected chi connectivity index (χ4v) is 8.05. The number of rotatable bonds is 8. The van der Waals surface area contributed by atoms with Gasteiger partial charge in [-0.15, -0.1) is 11.8 Å². The van der Waals surface area contributed by atoms with E-state index in [9.17, 15) is 19.2 Å². The average Bonchev–Trinajstić information content (AvgIpc) is 3.71. The van der Waals surface area contributed by atoms with Crippen LogP contribution in [0.1, 0.15) is 47.6 Å². The minimum atomic E-state index is -0.695. The molecule has 3 N–H and O–H groups in total. The van der Waals surface area contributed by atoms with Gasteiger partial charge < -0.3 is 20.3 Å². The van der Waals surface area contributed by atoms with Crippen molar-refractivity contribution < 1.29 is 23.9 Å². The Balaban J connectivity index is 0.971. The van der Waals surface area contributed by atoms with Crippen molar-refractivity contribution in [1.82, 2.24) is 34.9 Å². The first kappa shape index (κ1) is 32.4. The maximum atomic E-state index is 13.7. The van der Waals surface area contributed by atoms with E-state index in [1.807, 2.05) is 70.2 Å². The van der Waals surface area contributed by atoms with E-state index in [0.717, 1.165) is 34.6 Å². The lowest BCUT2D eigenvalue weighted by molar-refractivity contribution is -0.137. The number of hydrogen-bond donors (Lipinski definition) is 2. The SMILES string of the molecule is Nc1ncnc2c1c(-c1ccc(Oc3ccccc3)cc1)nn2[C@@H]1CCCN(C(=O)CSc2cccc3c2CN(C2CCC(=O)NC2=O)C3=O)C1. The van der Waals surface area contributed by atoms with E-state index in [-0.39, 0.29) is 42.5 Å². The Morgan fingerprint density at radius 2 is 1.76 bits per heavy atom. The summed E-state index contributed by atoms with van der Waals surface area (Å²) < 4.78 is 7.85. The van der Waals surface area contributed by atoms with Gasteiger partial charge in [-0.3, -0.25) is 24.5 Å². The fourth-order valence-electron chi connectivity index (χ4n) is 7.06. The molecule has 2 aromatic heterocycles. The molecule has 3 aliphatic heterocycles. The lowest BCUT2D eigenvalue weighted by atomic mass is 10.0. The number of nitrogens with zero attached hydrogens (tertiary/aromatic N) is 6. The molecule has 0 saturated carbocycles. The summed E-state index contributed by atoms with van der Waals surface area (Å²) in [5.41, 5.74) is 9.83. The highest BCUT2D eigenvalue weighted by atomic mass is 32.2. The third-order valence-electron chi connectivity index (χ3n) is 9.61. The van der Waals surface area contributed by atoms with Crippen molar-refractivity contribution in [2.45, 2.75) is 49.2 Å². The first-order valence-electron chi connectivity index (χ1n) is 16.8. The van der Waals surface area contributed by atoms with Gasteiger partial charge in [0, 0.05) is 42.1 Å². The molecule has 1 unspecified atom stereocenters. The number of aromatic nitrogens is 4. The molecule has 5 aromatic rings. The Bertz CT molecular complexity index is 2170. The van der Waals surface area contributed by atoms with Crippen LogP contribution in [0.5, 0.6) is 11.5 Å². The molecule has 4 amide bonds. The smallest absolute Gasteiger partial charge is 0.255 e. The number of thioether (sulfide) groups is 1. The number of benzene rings is 3. The lowest BCUT2D eigenvalue weighted by Crippen LogP contribution is -2.52. The predicted molar refractivity (Wildman–Crippen MR) is 190 cm³/mol. The maximum absolute atomic E-state index is 13.7. The average molecular weight is 703 g/mol. The second-order valence-electron chi connectivity index (χ2n) is 12.8. The van der Waals surface area contributed by atoms with Crippen molar-refractivity contribution in [3.63, 3.8) is 0 Å². The van der Waals surface area contributed by atoms with E-state index in [0.29, 0.717) is 53.4 Å². The molecule has 0 spiro atoms. The number of nitrogen functional groups attached to an aromatic ring is 1. The van der Waals surface area contributed by atoms with Crippen LogP contribution < -0.4 is 15.8 Å². The van der Waals surface area contributed by atoms with Crippen LogP contribution in [0.15, 0.2) is 84.0 Å². The minimum Gasteiger partial charge on any atom is -0.457 e. The highest BCUT2D eigenvalue weighted by Gasteiger charge is 2.40. The number of piperidine rings is 2. The van der Waals surface area contributed by atoms with Crippen LogP contribution in [0.25, 0.3) is 22.3 Å². The molecule has 0 bridgehead atoms. The van der Waals surface area contributed by atoms with Crippen LogP contribution in [0.4, 0.5) is 5.82 Å². The third-order valence-corrected chi connectivity index (χ3v) is 10.7. The number of likely N-dealkylation sites (tertiary alicyclic amines) is 1. The highest BCUT2D eigenvalue weighted by Crippen LogP contribution is 2.37. The molecule has 3 aliphatic rings. The van der Waals surface area contributed by atoms with Gasteiger partial charge in [0.2, 0.25) is 17.7 Å². The Kier molecular flexibility index (Phi) is 8.60. The number of anilines is 1. The number of nitrogens with two attached hydrogens (primary N) is 1. The first-order chi connectivity index (χ1) is 24.8. The van der Waals surface area contributed by atoms with Gasteiger partial charge in [0.25, 0.3) is 5.91 Å². The zero-order valence-corrected chi connectivity index (χ0v) is 28.3. The second kappa shape index (κ2) is 13.5. The summed E-state index contributed by atoms with van der Waals surface area (Å²) >= 11 is 1.39. The number of nitrogens with one attached hydrogen (secondary N) is 1. The Morgan fingerprint density at radius 3 is 2.57 bits per heavy atom. The van der Waals surface area contributed by atoms with Crippen LogP contribution in [0.3, 0.4) is 0 Å². The van der Waals surface area contributed by atoms with Crippen molar-refractivity contribution in [2.75, 3.05) is 24.6 Å². The Morgan fingerprint density at radius 1 is 0.961 bits per heavy atom.